The van der Waals surface area contributed by atoms with Crippen LogP contribution in [0.25, 0.3) is 11.3 Å². The molecule has 0 atom stereocenters. The van der Waals surface area contributed by atoms with Crippen molar-refractivity contribution in [2.45, 2.75) is 44.8 Å². The van der Waals surface area contributed by atoms with Gasteiger partial charge in [0.25, 0.3) is 0 Å². The number of amides is 2. The first-order valence-corrected chi connectivity index (χ1v) is 10.8. The van der Waals surface area contributed by atoms with Gasteiger partial charge in [0.15, 0.2) is 0 Å². The predicted molar refractivity (Wildman–Crippen MR) is 118 cm³/mol. The van der Waals surface area contributed by atoms with Crippen molar-refractivity contribution in [1.82, 2.24) is 25.6 Å². The largest absolute Gasteiger partial charge is 0.335 e. The van der Waals surface area contributed by atoms with Gasteiger partial charge in [-0.2, -0.15) is 0 Å². The van der Waals surface area contributed by atoms with Gasteiger partial charge in [-0.3, -0.25) is 0 Å². The lowest BCUT2D eigenvalue weighted by atomic mass is 9.86. The topological polar surface area (TPSA) is 71.8 Å². The third-order valence-electron chi connectivity index (χ3n) is 5.67. The number of urea groups is 1. The zero-order valence-corrected chi connectivity index (χ0v) is 17.6. The normalized spacial score (nSPS) is 18.7. The molecule has 1 fully saturated rings. The van der Waals surface area contributed by atoms with Gasteiger partial charge in [-0.1, -0.05) is 59.3 Å². The fraction of sp³-hybridized carbons (Fsp3) is 0.348. The molecular weight excluding hydrogens is 398 g/mol. The van der Waals surface area contributed by atoms with Gasteiger partial charge in [0.05, 0.1) is 11.9 Å². The number of hydrogen-bond donors (Lipinski definition) is 2. The molecule has 2 N–H and O–H groups in total. The second-order valence-electron chi connectivity index (χ2n) is 7.84. The Morgan fingerprint density at radius 3 is 2.50 bits per heavy atom. The maximum absolute atomic E-state index is 12.2. The summed E-state index contributed by atoms with van der Waals surface area (Å²) < 4.78 is 2.01. The third kappa shape index (κ3) is 5.39. The lowest BCUT2D eigenvalue weighted by molar-refractivity contribution is 0.222. The molecule has 7 heteroatoms. The van der Waals surface area contributed by atoms with Crippen LogP contribution in [0.15, 0.2) is 60.8 Å². The summed E-state index contributed by atoms with van der Waals surface area (Å²) in [6.45, 7) is 1.35. The van der Waals surface area contributed by atoms with E-state index in [-0.39, 0.29) is 12.1 Å². The molecule has 2 amide bonds. The minimum absolute atomic E-state index is 0.115. The van der Waals surface area contributed by atoms with E-state index in [0.29, 0.717) is 17.5 Å². The van der Waals surface area contributed by atoms with Crippen LogP contribution in [0.5, 0.6) is 0 Å². The smallest absolute Gasteiger partial charge is 0.315 e. The van der Waals surface area contributed by atoms with Crippen molar-refractivity contribution in [3.05, 3.63) is 71.4 Å². The molecule has 1 heterocycles. The lowest BCUT2D eigenvalue weighted by Crippen LogP contribution is -2.43. The highest BCUT2D eigenvalue weighted by atomic mass is 35.5. The van der Waals surface area contributed by atoms with Crippen molar-refractivity contribution in [2.75, 3.05) is 0 Å². The maximum atomic E-state index is 12.2. The Bertz CT molecular complexity index is 949. The minimum atomic E-state index is -0.115. The summed E-state index contributed by atoms with van der Waals surface area (Å²) in [5, 5.41) is 15.1. The maximum Gasteiger partial charge on any atom is 0.315 e. The number of halogens is 1. The van der Waals surface area contributed by atoms with Crippen molar-refractivity contribution in [3.8, 4) is 11.3 Å². The molecule has 156 valence electrons. The number of rotatable bonds is 6. The molecule has 30 heavy (non-hydrogen) atoms. The average molecular weight is 424 g/mol. The Balaban J connectivity index is 1.22. The van der Waals surface area contributed by atoms with E-state index in [2.05, 4.69) is 33.1 Å². The van der Waals surface area contributed by atoms with E-state index in [4.69, 9.17) is 11.6 Å². The minimum Gasteiger partial charge on any atom is -0.335 e. The molecular formula is C23H26ClN5O. The molecule has 4 rings (SSSR count). The summed E-state index contributed by atoms with van der Waals surface area (Å²) in [6.07, 6.45) is 5.92. The van der Waals surface area contributed by atoms with E-state index in [1.165, 1.54) is 0 Å². The van der Waals surface area contributed by atoms with Crippen molar-refractivity contribution in [1.29, 1.82) is 0 Å². The summed E-state index contributed by atoms with van der Waals surface area (Å²) in [6, 6.07) is 17.8. The van der Waals surface area contributed by atoms with Crippen molar-refractivity contribution >= 4 is 17.6 Å². The van der Waals surface area contributed by atoms with Gasteiger partial charge in [-0.15, -0.1) is 5.10 Å². The summed E-state index contributed by atoms with van der Waals surface area (Å²) in [5.74, 6) is 0.546. The second kappa shape index (κ2) is 9.76. The van der Waals surface area contributed by atoms with Crippen LogP contribution in [0, 0.1) is 5.92 Å². The van der Waals surface area contributed by atoms with E-state index in [1.807, 2.05) is 53.3 Å². The summed E-state index contributed by atoms with van der Waals surface area (Å²) in [4.78, 5) is 12.2. The lowest BCUT2D eigenvalue weighted by Gasteiger charge is -2.29. The molecule has 0 bridgehead atoms. The third-order valence-corrected chi connectivity index (χ3v) is 5.92. The highest BCUT2D eigenvalue weighted by Crippen LogP contribution is 2.27. The van der Waals surface area contributed by atoms with Gasteiger partial charge in [-0.25, -0.2) is 9.48 Å². The van der Waals surface area contributed by atoms with E-state index in [1.54, 1.807) is 0 Å². The summed E-state index contributed by atoms with van der Waals surface area (Å²) in [7, 11) is 0. The molecule has 2 aromatic carbocycles. The second-order valence-corrected chi connectivity index (χ2v) is 8.27. The molecule has 0 aliphatic heterocycles. The van der Waals surface area contributed by atoms with Gasteiger partial charge in [0.2, 0.25) is 0 Å². The first-order chi connectivity index (χ1) is 14.7. The van der Waals surface area contributed by atoms with Crippen LogP contribution in [-0.2, 0) is 13.1 Å². The monoisotopic (exact) mass is 423 g/mol. The number of hydrogen-bond acceptors (Lipinski definition) is 3. The van der Waals surface area contributed by atoms with Crippen LogP contribution in [0.3, 0.4) is 0 Å². The van der Waals surface area contributed by atoms with Gasteiger partial charge in [0, 0.05) is 29.7 Å². The SMILES string of the molecule is O=C(NCc1ccc(Cl)cc1)NC1CCC(Cn2nncc2-c2ccccc2)CC1. The van der Waals surface area contributed by atoms with Crippen LogP contribution in [-0.4, -0.2) is 27.1 Å². The number of carbonyl (C=O) groups is 1. The Hall–Kier alpha value is -2.86. The Kier molecular flexibility index (Phi) is 6.64. The average Bonchev–Trinajstić information content (AvgIpc) is 3.23. The van der Waals surface area contributed by atoms with Crippen molar-refractivity contribution in [2.24, 2.45) is 5.92 Å². The van der Waals surface area contributed by atoms with Gasteiger partial charge in [0.1, 0.15) is 0 Å². The van der Waals surface area contributed by atoms with Crippen LogP contribution < -0.4 is 10.6 Å². The molecule has 1 aliphatic carbocycles. The van der Waals surface area contributed by atoms with E-state index in [9.17, 15) is 4.79 Å². The fourth-order valence-electron chi connectivity index (χ4n) is 3.98. The Morgan fingerprint density at radius 1 is 1.03 bits per heavy atom. The quantitative estimate of drug-likeness (QED) is 0.605. The number of nitrogens with one attached hydrogen (secondary N) is 2. The Morgan fingerprint density at radius 2 is 1.77 bits per heavy atom. The van der Waals surface area contributed by atoms with Gasteiger partial charge < -0.3 is 10.6 Å². The standard InChI is InChI=1S/C23H26ClN5O/c24-20-10-6-17(7-11-20)14-25-23(30)27-21-12-8-18(9-13-21)16-29-22(15-26-28-29)19-4-2-1-3-5-19/h1-7,10-11,15,18,21H,8-9,12-14,16H2,(H2,25,27,30). The molecule has 1 aliphatic rings. The first kappa shape index (κ1) is 20.4. The zero-order chi connectivity index (χ0) is 20.8. The highest BCUT2D eigenvalue weighted by Gasteiger charge is 2.23. The summed E-state index contributed by atoms with van der Waals surface area (Å²) >= 11 is 5.89. The van der Waals surface area contributed by atoms with E-state index in [0.717, 1.165) is 49.0 Å². The van der Waals surface area contributed by atoms with Crippen molar-refractivity contribution < 1.29 is 4.79 Å². The molecule has 1 saturated carbocycles. The van der Waals surface area contributed by atoms with Crippen molar-refractivity contribution in [3.63, 3.8) is 0 Å². The van der Waals surface area contributed by atoms with Crippen LogP contribution in [0.2, 0.25) is 5.02 Å². The molecule has 0 unspecified atom stereocenters. The molecule has 3 aromatic rings. The Labute approximate surface area is 181 Å². The fourth-order valence-corrected chi connectivity index (χ4v) is 4.11. The van der Waals surface area contributed by atoms with E-state index >= 15 is 0 Å². The van der Waals surface area contributed by atoms with Crippen LogP contribution in [0.1, 0.15) is 31.2 Å². The van der Waals surface area contributed by atoms with Gasteiger partial charge in [-0.05, 0) is 49.3 Å². The first-order valence-electron chi connectivity index (χ1n) is 10.4. The highest BCUT2D eigenvalue weighted by molar-refractivity contribution is 6.30. The number of carbonyl (C=O) groups excluding carboxylic acids is 1. The van der Waals surface area contributed by atoms with Crippen LogP contribution in [0.4, 0.5) is 4.79 Å². The molecule has 1 aromatic heterocycles. The molecule has 0 radical (unpaired) electrons. The number of nitrogens with zero attached hydrogens (tertiary/aromatic N) is 3. The molecule has 0 saturated heterocycles. The number of aromatic nitrogens is 3. The van der Waals surface area contributed by atoms with Gasteiger partial charge >= 0.3 is 6.03 Å². The predicted octanol–water partition coefficient (Wildman–Crippen LogP) is 4.66. The molecule has 0 spiro atoms. The zero-order valence-electron chi connectivity index (χ0n) is 16.8. The summed E-state index contributed by atoms with van der Waals surface area (Å²) in [5.41, 5.74) is 3.22. The molecule has 6 nitrogen and oxygen atoms in total. The van der Waals surface area contributed by atoms with Crippen LogP contribution >= 0.6 is 11.6 Å². The van der Waals surface area contributed by atoms with E-state index < -0.39 is 0 Å². The number of benzene rings is 2.